The Hall–Kier alpha value is -3.81. The maximum atomic E-state index is 12.5. The van der Waals surface area contributed by atoms with Crippen molar-refractivity contribution in [3.05, 3.63) is 78.9 Å². The van der Waals surface area contributed by atoms with Crippen molar-refractivity contribution in [3.63, 3.8) is 0 Å². The van der Waals surface area contributed by atoms with Gasteiger partial charge in [-0.2, -0.15) is 8.78 Å². The summed E-state index contributed by atoms with van der Waals surface area (Å²) in [6, 6.07) is 19.2. The minimum absolute atomic E-state index is 0.0131. The van der Waals surface area contributed by atoms with Crippen molar-refractivity contribution >= 4 is 22.4 Å². The van der Waals surface area contributed by atoms with Gasteiger partial charge in [-0.05, 0) is 35.7 Å². The molecule has 0 aliphatic rings. The van der Waals surface area contributed by atoms with Gasteiger partial charge in [-0.1, -0.05) is 36.4 Å². The number of anilines is 1. The Bertz CT molecular complexity index is 1120. The molecule has 6 nitrogen and oxygen atoms in total. The van der Waals surface area contributed by atoms with E-state index in [2.05, 4.69) is 20.1 Å². The van der Waals surface area contributed by atoms with Crippen molar-refractivity contribution in [2.75, 3.05) is 5.32 Å². The van der Waals surface area contributed by atoms with Gasteiger partial charge in [-0.3, -0.25) is 4.79 Å². The number of carbonyl (C=O) groups excluding carboxylic acids is 1. The van der Waals surface area contributed by atoms with Crippen LogP contribution in [0.5, 0.6) is 5.75 Å². The van der Waals surface area contributed by atoms with E-state index in [4.69, 9.17) is 0 Å². The summed E-state index contributed by atoms with van der Waals surface area (Å²) in [5.74, 6) is -0.429. The summed E-state index contributed by atoms with van der Waals surface area (Å²) in [5, 5.41) is 8.88. The first kappa shape index (κ1) is 17.6. The third-order valence-electron chi connectivity index (χ3n) is 4.06. The summed E-state index contributed by atoms with van der Waals surface area (Å²) in [6.07, 6.45) is 1.38. The lowest BCUT2D eigenvalue weighted by molar-refractivity contribution is -0.0498. The molecule has 0 saturated carbocycles. The van der Waals surface area contributed by atoms with Crippen LogP contribution in [0.1, 0.15) is 10.6 Å². The van der Waals surface area contributed by atoms with Crippen LogP contribution in [-0.4, -0.2) is 27.3 Å². The molecule has 28 heavy (non-hydrogen) atoms. The second-order valence-corrected chi connectivity index (χ2v) is 5.87. The van der Waals surface area contributed by atoms with Crippen LogP contribution in [-0.2, 0) is 0 Å². The minimum atomic E-state index is -2.89. The summed E-state index contributed by atoms with van der Waals surface area (Å²) in [6.45, 7) is -2.89. The van der Waals surface area contributed by atoms with Crippen LogP contribution in [0.15, 0.2) is 73.1 Å². The van der Waals surface area contributed by atoms with Crippen molar-refractivity contribution in [3.8, 4) is 11.4 Å². The summed E-state index contributed by atoms with van der Waals surface area (Å²) in [5.41, 5.74) is 1.21. The van der Waals surface area contributed by atoms with E-state index in [9.17, 15) is 13.6 Å². The number of benzene rings is 3. The fourth-order valence-electron chi connectivity index (χ4n) is 2.78. The second-order valence-electron chi connectivity index (χ2n) is 5.87. The van der Waals surface area contributed by atoms with Crippen LogP contribution in [0.3, 0.4) is 0 Å². The molecule has 1 aromatic heterocycles. The largest absolute Gasteiger partial charge is 0.435 e. The predicted octanol–water partition coefficient (Wildman–Crippen LogP) is 4.27. The monoisotopic (exact) mass is 380 g/mol. The highest BCUT2D eigenvalue weighted by Gasteiger charge is 2.14. The Morgan fingerprint density at radius 3 is 2.54 bits per heavy atom. The van der Waals surface area contributed by atoms with E-state index < -0.39 is 12.5 Å². The second kappa shape index (κ2) is 7.43. The lowest BCUT2D eigenvalue weighted by Gasteiger charge is -2.07. The van der Waals surface area contributed by atoms with Crippen molar-refractivity contribution in [1.82, 2.24) is 14.8 Å². The number of ether oxygens (including phenoxy) is 1. The zero-order chi connectivity index (χ0) is 19.5. The van der Waals surface area contributed by atoms with E-state index >= 15 is 0 Å². The quantitative estimate of drug-likeness (QED) is 0.561. The molecule has 0 radical (unpaired) electrons. The smallest absolute Gasteiger partial charge is 0.387 e. The van der Waals surface area contributed by atoms with Crippen LogP contribution < -0.4 is 10.1 Å². The molecule has 8 heteroatoms. The fourth-order valence-corrected chi connectivity index (χ4v) is 2.78. The van der Waals surface area contributed by atoms with Gasteiger partial charge < -0.3 is 10.1 Å². The zero-order valence-corrected chi connectivity index (χ0v) is 14.4. The number of rotatable bonds is 5. The molecule has 0 spiro atoms. The molecule has 4 rings (SSSR count). The average Bonchev–Trinajstić information content (AvgIpc) is 3.19. The van der Waals surface area contributed by atoms with E-state index in [0.29, 0.717) is 11.4 Å². The maximum absolute atomic E-state index is 12.5. The number of carbonyl (C=O) groups is 1. The van der Waals surface area contributed by atoms with E-state index in [1.54, 1.807) is 18.2 Å². The number of amides is 1. The molecular formula is C20H14F2N4O2. The van der Waals surface area contributed by atoms with Gasteiger partial charge in [0.15, 0.2) is 0 Å². The molecule has 0 bridgehead atoms. The fraction of sp³-hybridized carbons (Fsp3) is 0.0500. The summed E-state index contributed by atoms with van der Waals surface area (Å²) < 4.78 is 30.1. The number of nitrogens with one attached hydrogen (secondary N) is 1. The minimum Gasteiger partial charge on any atom is -0.435 e. The molecule has 140 valence electrons. The Labute approximate surface area is 158 Å². The van der Waals surface area contributed by atoms with Crippen molar-refractivity contribution in [2.24, 2.45) is 0 Å². The Kier molecular flexibility index (Phi) is 4.67. The molecule has 0 aliphatic carbocycles. The number of hydrogen-bond donors (Lipinski definition) is 1. The van der Waals surface area contributed by atoms with Gasteiger partial charge in [0, 0.05) is 11.1 Å². The van der Waals surface area contributed by atoms with E-state index in [0.717, 1.165) is 10.8 Å². The molecule has 3 aromatic carbocycles. The first-order valence-electron chi connectivity index (χ1n) is 8.36. The first-order valence-corrected chi connectivity index (χ1v) is 8.36. The van der Waals surface area contributed by atoms with Crippen LogP contribution >= 0.6 is 0 Å². The highest BCUT2D eigenvalue weighted by molar-refractivity contribution is 6.07. The molecule has 0 fully saturated rings. The third-order valence-corrected chi connectivity index (χ3v) is 4.06. The first-order chi connectivity index (χ1) is 13.6. The third kappa shape index (κ3) is 3.66. The standard InChI is InChI=1S/C20H14F2N4O2/c21-20(22)28-15-10-8-14(9-11-15)26-12-23-18(25-26)19(27)24-17-7-3-5-13-4-1-2-6-16(13)17/h1-12,20H,(H,24,27). The maximum Gasteiger partial charge on any atom is 0.387 e. The van der Waals surface area contributed by atoms with E-state index in [1.807, 2.05) is 36.4 Å². The van der Waals surface area contributed by atoms with Gasteiger partial charge in [0.25, 0.3) is 5.91 Å². The summed E-state index contributed by atoms with van der Waals surface area (Å²) >= 11 is 0. The Balaban J connectivity index is 1.53. The van der Waals surface area contributed by atoms with Gasteiger partial charge in [-0.15, -0.1) is 5.10 Å². The van der Waals surface area contributed by atoms with Crippen molar-refractivity contribution < 1.29 is 18.3 Å². The number of nitrogens with zero attached hydrogens (tertiary/aromatic N) is 3. The topological polar surface area (TPSA) is 69.0 Å². The van der Waals surface area contributed by atoms with Gasteiger partial charge in [0.1, 0.15) is 12.1 Å². The van der Waals surface area contributed by atoms with Crippen LogP contribution in [0.2, 0.25) is 0 Å². The molecule has 0 saturated heterocycles. The molecule has 4 aromatic rings. The van der Waals surface area contributed by atoms with Gasteiger partial charge >= 0.3 is 6.61 Å². The van der Waals surface area contributed by atoms with E-state index in [1.165, 1.54) is 23.1 Å². The molecule has 1 heterocycles. The van der Waals surface area contributed by atoms with Crippen LogP contribution in [0.25, 0.3) is 16.5 Å². The number of halogens is 2. The molecule has 0 aliphatic heterocycles. The molecule has 0 atom stereocenters. The molecule has 1 N–H and O–H groups in total. The highest BCUT2D eigenvalue weighted by atomic mass is 19.3. The van der Waals surface area contributed by atoms with Crippen molar-refractivity contribution in [1.29, 1.82) is 0 Å². The molecular weight excluding hydrogens is 366 g/mol. The Morgan fingerprint density at radius 2 is 1.75 bits per heavy atom. The SMILES string of the molecule is O=C(Nc1cccc2ccccc12)c1ncn(-c2ccc(OC(F)F)cc2)n1. The number of fused-ring (bicyclic) bond motifs is 1. The Morgan fingerprint density at radius 1 is 1.00 bits per heavy atom. The lowest BCUT2D eigenvalue weighted by Crippen LogP contribution is -2.14. The highest BCUT2D eigenvalue weighted by Crippen LogP contribution is 2.23. The van der Waals surface area contributed by atoms with Gasteiger partial charge in [0.05, 0.1) is 5.69 Å². The summed E-state index contributed by atoms with van der Waals surface area (Å²) in [4.78, 5) is 16.6. The average molecular weight is 380 g/mol. The summed E-state index contributed by atoms with van der Waals surface area (Å²) in [7, 11) is 0. The van der Waals surface area contributed by atoms with Crippen molar-refractivity contribution in [2.45, 2.75) is 6.61 Å². The number of aromatic nitrogens is 3. The normalized spacial score (nSPS) is 11.0. The van der Waals surface area contributed by atoms with E-state index in [-0.39, 0.29) is 11.6 Å². The molecule has 1 amide bonds. The van der Waals surface area contributed by atoms with Gasteiger partial charge in [0.2, 0.25) is 5.82 Å². The lowest BCUT2D eigenvalue weighted by atomic mass is 10.1. The van der Waals surface area contributed by atoms with Gasteiger partial charge in [-0.25, -0.2) is 9.67 Å². The van der Waals surface area contributed by atoms with Crippen LogP contribution in [0.4, 0.5) is 14.5 Å². The predicted molar refractivity (Wildman–Crippen MR) is 99.9 cm³/mol. The molecule has 0 unspecified atom stereocenters. The number of alkyl halides is 2. The zero-order valence-electron chi connectivity index (χ0n) is 14.4. The van der Waals surface area contributed by atoms with Crippen LogP contribution in [0, 0.1) is 0 Å². The number of hydrogen-bond acceptors (Lipinski definition) is 4.